The molecule has 2 N–H and O–H groups in total. The molecule has 0 bridgehead atoms. The Morgan fingerprint density at radius 1 is 0.850 bits per heavy atom. The van der Waals surface area contributed by atoms with Crippen molar-refractivity contribution in [3.05, 3.63) is 107 Å². The van der Waals surface area contributed by atoms with Crippen molar-refractivity contribution in [1.29, 1.82) is 0 Å². The van der Waals surface area contributed by atoms with Gasteiger partial charge in [-0.05, 0) is 78.4 Å². The Bertz CT molecular complexity index is 1510. The number of para-hydroxylation sites is 1. The standard InChI is InChI=1S/C33H33NO6/c1-24-7-4-10-29(21-24)40-20-3-2-19-39-28-17-14-25(15-18-28)13-16-26-8-5-11-30-27(9-6-12-31(35)36)22-34(33(26)30)23-32(37)38/h2-5,7-8,10-11,13-18,21-22H,6,9,12,19-20,23H2,1H3,(H,35,36)(H,37,38)/b3-2+,16-13+. The zero-order chi connectivity index (χ0) is 28.3. The third kappa shape index (κ3) is 8.11. The predicted molar refractivity (Wildman–Crippen MR) is 157 cm³/mol. The number of nitrogens with zero attached hydrogens (tertiary/aromatic N) is 1. The molecule has 0 spiro atoms. The van der Waals surface area contributed by atoms with Crippen LogP contribution in [0.3, 0.4) is 0 Å². The number of hydrogen-bond donors (Lipinski definition) is 2. The Balaban J connectivity index is 1.38. The van der Waals surface area contributed by atoms with Crippen LogP contribution in [-0.4, -0.2) is 39.9 Å². The van der Waals surface area contributed by atoms with Crippen LogP contribution in [0.25, 0.3) is 23.1 Å². The third-order valence-electron chi connectivity index (χ3n) is 6.34. The highest BCUT2D eigenvalue weighted by molar-refractivity contribution is 5.94. The van der Waals surface area contributed by atoms with Crippen LogP contribution < -0.4 is 9.47 Å². The average molecular weight is 540 g/mol. The Morgan fingerprint density at radius 2 is 1.57 bits per heavy atom. The number of rotatable bonds is 14. The van der Waals surface area contributed by atoms with Gasteiger partial charge in [-0.1, -0.05) is 54.6 Å². The first-order valence-electron chi connectivity index (χ1n) is 13.2. The number of fused-ring (bicyclic) bond motifs is 1. The molecule has 1 heterocycles. The fourth-order valence-corrected chi connectivity index (χ4v) is 4.49. The predicted octanol–water partition coefficient (Wildman–Crippen LogP) is 6.63. The SMILES string of the molecule is Cc1cccc(OC/C=C/COc2ccc(/C=C/c3cccc4c(CCCC(=O)O)cn(CC(=O)O)c34)cc2)c1. The molecule has 0 saturated carbocycles. The fourth-order valence-electron chi connectivity index (χ4n) is 4.49. The van der Waals surface area contributed by atoms with Gasteiger partial charge < -0.3 is 24.3 Å². The van der Waals surface area contributed by atoms with E-state index >= 15 is 0 Å². The summed E-state index contributed by atoms with van der Waals surface area (Å²) in [6.45, 7) is 2.77. The minimum Gasteiger partial charge on any atom is -0.490 e. The lowest BCUT2D eigenvalue weighted by molar-refractivity contribution is -0.138. The molecule has 0 fully saturated rings. The van der Waals surface area contributed by atoms with E-state index in [-0.39, 0.29) is 13.0 Å². The van der Waals surface area contributed by atoms with E-state index in [0.29, 0.717) is 26.1 Å². The van der Waals surface area contributed by atoms with E-state index in [1.807, 2.05) is 104 Å². The molecule has 7 heteroatoms. The van der Waals surface area contributed by atoms with Crippen LogP contribution >= 0.6 is 0 Å². The zero-order valence-electron chi connectivity index (χ0n) is 22.5. The topological polar surface area (TPSA) is 98.0 Å². The Labute approximate surface area is 233 Å². The molecule has 0 unspecified atom stereocenters. The minimum absolute atomic E-state index is 0.0730. The number of ether oxygens (including phenoxy) is 2. The number of aromatic nitrogens is 1. The van der Waals surface area contributed by atoms with Crippen LogP contribution in [0.5, 0.6) is 11.5 Å². The molecule has 0 aliphatic rings. The molecule has 1 aromatic heterocycles. The van der Waals surface area contributed by atoms with E-state index in [4.69, 9.17) is 14.6 Å². The number of hydrogen-bond acceptors (Lipinski definition) is 4. The number of aryl methyl sites for hydroxylation is 2. The smallest absolute Gasteiger partial charge is 0.323 e. The molecule has 0 radical (unpaired) electrons. The minimum atomic E-state index is -0.933. The molecule has 4 aromatic rings. The molecule has 0 amide bonds. The average Bonchev–Trinajstić information content (AvgIpc) is 3.27. The van der Waals surface area contributed by atoms with Gasteiger partial charge in [0.15, 0.2) is 0 Å². The van der Waals surface area contributed by atoms with Gasteiger partial charge in [-0.2, -0.15) is 0 Å². The van der Waals surface area contributed by atoms with E-state index in [0.717, 1.165) is 44.7 Å². The molecule has 3 aromatic carbocycles. The second-order valence-corrected chi connectivity index (χ2v) is 9.48. The Kier molecular flexibility index (Phi) is 9.77. The van der Waals surface area contributed by atoms with Gasteiger partial charge >= 0.3 is 11.9 Å². The summed E-state index contributed by atoms with van der Waals surface area (Å²) in [5.74, 6) is -0.173. The first-order chi connectivity index (χ1) is 19.4. The number of carboxylic acids is 2. The molecular weight excluding hydrogens is 506 g/mol. The second kappa shape index (κ2) is 13.8. The van der Waals surface area contributed by atoms with Crippen LogP contribution in [0.1, 0.15) is 35.1 Å². The fraction of sp³-hybridized carbons (Fsp3) is 0.212. The molecular formula is C33H33NO6. The lowest BCUT2D eigenvalue weighted by Gasteiger charge is -2.06. The van der Waals surface area contributed by atoms with E-state index in [2.05, 4.69) is 0 Å². The van der Waals surface area contributed by atoms with Crippen molar-refractivity contribution in [2.45, 2.75) is 32.7 Å². The summed E-state index contributed by atoms with van der Waals surface area (Å²) in [5, 5.41) is 19.3. The van der Waals surface area contributed by atoms with Crippen molar-refractivity contribution in [2.75, 3.05) is 13.2 Å². The Hall–Kier alpha value is -4.78. The monoisotopic (exact) mass is 539 g/mol. The van der Waals surface area contributed by atoms with Crippen molar-refractivity contribution < 1.29 is 29.3 Å². The third-order valence-corrected chi connectivity index (χ3v) is 6.34. The van der Waals surface area contributed by atoms with Crippen molar-refractivity contribution in [3.63, 3.8) is 0 Å². The van der Waals surface area contributed by atoms with Crippen molar-refractivity contribution in [2.24, 2.45) is 0 Å². The molecule has 40 heavy (non-hydrogen) atoms. The van der Waals surface area contributed by atoms with Gasteiger partial charge in [-0.15, -0.1) is 0 Å². The van der Waals surface area contributed by atoms with Gasteiger partial charge in [0, 0.05) is 18.0 Å². The van der Waals surface area contributed by atoms with Crippen molar-refractivity contribution in [1.82, 2.24) is 4.57 Å². The summed E-state index contributed by atoms with van der Waals surface area (Å²) in [7, 11) is 0. The largest absolute Gasteiger partial charge is 0.490 e. The van der Waals surface area contributed by atoms with Crippen molar-refractivity contribution >= 4 is 35.0 Å². The second-order valence-electron chi connectivity index (χ2n) is 9.48. The normalized spacial score (nSPS) is 11.4. The molecule has 206 valence electrons. The summed E-state index contributed by atoms with van der Waals surface area (Å²) in [5.41, 5.74) is 4.80. The summed E-state index contributed by atoms with van der Waals surface area (Å²) in [6, 6.07) is 21.5. The zero-order valence-corrected chi connectivity index (χ0v) is 22.5. The maximum Gasteiger partial charge on any atom is 0.323 e. The summed E-state index contributed by atoms with van der Waals surface area (Å²) < 4.78 is 13.2. The highest BCUT2D eigenvalue weighted by Gasteiger charge is 2.13. The van der Waals surface area contributed by atoms with Gasteiger partial charge in [0.05, 0.1) is 5.52 Å². The summed E-state index contributed by atoms with van der Waals surface area (Å²) in [4.78, 5) is 22.4. The molecule has 0 saturated heterocycles. The van der Waals surface area contributed by atoms with Gasteiger partial charge in [-0.3, -0.25) is 9.59 Å². The van der Waals surface area contributed by atoms with Gasteiger partial charge in [-0.25, -0.2) is 0 Å². The highest BCUT2D eigenvalue weighted by Crippen LogP contribution is 2.28. The molecule has 7 nitrogen and oxygen atoms in total. The van der Waals surface area contributed by atoms with E-state index in [1.54, 1.807) is 4.57 Å². The number of aliphatic carboxylic acids is 2. The van der Waals surface area contributed by atoms with Crippen LogP contribution in [0.15, 0.2) is 85.1 Å². The number of benzene rings is 3. The number of carboxylic acid groups (broad SMARTS) is 2. The summed E-state index contributed by atoms with van der Waals surface area (Å²) >= 11 is 0. The van der Waals surface area contributed by atoms with Crippen molar-refractivity contribution in [3.8, 4) is 11.5 Å². The van der Waals surface area contributed by atoms with E-state index in [9.17, 15) is 14.7 Å². The number of carbonyl (C=O) groups is 2. The Morgan fingerprint density at radius 3 is 2.27 bits per heavy atom. The lowest BCUT2D eigenvalue weighted by atomic mass is 10.0. The maximum atomic E-state index is 11.5. The first kappa shape index (κ1) is 28.2. The van der Waals surface area contributed by atoms with Crippen LogP contribution in [0, 0.1) is 6.92 Å². The summed E-state index contributed by atoms with van der Waals surface area (Å²) in [6.07, 6.45) is 10.8. The highest BCUT2D eigenvalue weighted by atomic mass is 16.5. The lowest BCUT2D eigenvalue weighted by Crippen LogP contribution is -2.07. The first-order valence-corrected chi connectivity index (χ1v) is 13.2. The van der Waals surface area contributed by atoms with Gasteiger partial charge in [0.25, 0.3) is 0 Å². The quantitative estimate of drug-likeness (QED) is 0.138. The molecule has 0 atom stereocenters. The van der Waals surface area contributed by atoms with E-state index < -0.39 is 11.9 Å². The van der Waals surface area contributed by atoms with E-state index in [1.165, 1.54) is 0 Å². The molecule has 4 rings (SSSR count). The van der Waals surface area contributed by atoms with Gasteiger partial charge in [0.1, 0.15) is 31.3 Å². The maximum absolute atomic E-state index is 11.5. The van der Waals surface area contributed by atoms with Crippen LogP contribution in [0.4, 0.5) is 0 Å². The van der Waals surface area contributed by atoms with Gasteiger partial charge in [0.2, 0.25) is 0 Å². The van der Waals surface area contributed by atoms with Crippen LogP contribution in [0.2, 0.25) is 0 Å². The molecule has 0 aliphatic carbocycles. The molecule has 0 aliphatic heterocycles. The van der Waals surface area contributed by atoms with Crippen LogP contribution in [-0.2, 0) is 22.6 Å².